The third-order valence-corrected chi connectivity index (χ3v) is 2.93. The molecule has 2 aromatic rings. The van der Waals surface area contributed by atoms with E-state index in [0.717, 1.165) is 15.4 Å². The standard InChI is InChI=1S/C13H15BrN2O2/c1-13(2,3)18-12(17)16-8-4-5-11-9(6-8)10(14)7-15-11/h4-7,15H,1-3H3,(H,16,17). The lowest BCUT2D eigenvalue weighted by Crippen LogP contribution is -2.27. The predicted molar refractivity (Wildman–Crippen MR) is 75.9 cm³/mol. The van der Waals surface area contributed by atoms with Gasteiger partial charge in [0.05, 0.1) is 0 Å². The highest BCUT2D eigenvalue weighted by molar-refractivity contribution is 9.10. The van der Waals surface area contributed by atoms with E-state index in [1.807, 2.05) is 45.2 Å². The van der Waals surface area contributed by atoms with E-state index < -0.39 is 11.7 Å². The van der Waals surface area contributed by atoms with Crippen LogP contribution in [0.2, 0.25) is 0 Å². The Hall–Kier alpha value is -1.49. The fraction of sp³-hybridized carbons (Fsp3) is 0.308. The van der Waals surface area contributed by atoms with Gasteiger partial charge < -0.3 is 9.72 Å². The normalized spacial score (nSPS) is 11.6. The molecule has 1 aromatic heterocycles. The number of halogens is 1. The molecule has 2 rings (SSSR count). The molecular weight excluding hydrogens is 296 g/mol. The fourth-order valence-electron chi connectivity index (χ4n) is 1.59. The van der Waals surface area contributed by atoms with Crippen LogP contribution in [0, 0.1) is 0 Å². The van der Waals surface area contributed by atoms with Crippen LogP contribution in [0.1, 0.15) is 20.8 Å². The highest BCUT2D eigenvalue weighted by Gasteiger charge is 2.16. The Bertz CT molecular complexity index is 584. The van der Waals surface area contributed by atoms with Gasteiger partial charge in [0, 0.05) is 27.3 Å². The Morgan fingerprint density at radius 3 is 2.78 bits per heavy atom. The van der Waals surface area contributed by atoms with Crippen molar-refractivity contribution in [3.8, 4) is 0 Å². The van der Waals surface area contributed by atoms with Gasteiger partial charge in [-0.15, -0.1) is 0 Å². The molecule has 96 valence electrons. The summed E-state index contributed by atoms with van der Waals surface area (Å²) in [6, 6.07) is 5.63. The van der Waals surface area contributed by atoms with Gasteiger partial charge in [-0.2, -0.15) is 0 Å². The summed E-state index contributed by atoms with van der Waals surface area (Å²) in [5.41, 5.74) is 1.22. The number of benzene rings is 1. The van der Waals surface area contributed by atoms with Crippen LogP contribution in [-0.4, -0.2) is 16.7 Å². The average Bonchev–Trinajstić information content (AvgIpc) is 2.57. The third kappa shape index (κ3) is 3.04. The van der Waals surface area contributed by atoms with Crippen molar-refractivity contribution in [2.24, 2.45) is 0 Å². The molecule has 2 N–H and O–H groups in total. The number of amides is 1. The van der Waals surface area contributed by atoms with Crippen molar-refractivity contribution < 1.29 is 9.53 Å². The van der Waals surface area contributed by atoms with Crippen LogP contribution in [0.25, 0.3) is 10.9 Å². The molecule has 4 nitrogen and oxygen atoms in total. The number of nitrogens with one attached hydrogen (secondary N) is 2. The zero-order chi connectivity index (χ0) is 13.3. The molecule has 0 bridgehead atoms. The number of rotatable bonds is 1. The Balaban J connectivity index is 2.17. The molecule has 18 heavy (non-hydrogen) atoms. The topological polar surface area (TPSA) is 54.1 Å². The number of ether oxygens (including phenoxy) is 1. The Kier molecular flexibility index (Phi) is 3.34. The van der Waals surface area contributed by atoms with Crippen molar-refractivity contribution in [2.75, 3.05) is 5.32 Å². The second kappa shape index (κ2) is 4.65. The van der Waals surface area contributed by atoms with Crippen LogP contribution in [0.3, 0.4) is 0 Å². The highest BCUT2D eigenvalue weighted by atomic mass is 79.9. The Morgan fingerprint density at radius 2 is 2.11 bits per heavy atom. The molecular formula is C13H15BrN2O2. The van der Waals surface area contributed by atoms with Crippen molar-refractivity contribution in [1.82, 2.24) is 4.98 Å². The lowest BCUT2D eigenvalue weighted by atomic mass is 10.2. The number of carbonyl (C=O) groups excluding carboxylic acids is 1. The average molecular weight is 311 g/mol. The van der Waals surface area contributed by atoms with Gasteiger partial charge in [0.1, 0.15) is 5.60 Å². The molecule has 0 aliphatic heterocycles. The van der Waals surface area contributed by atoms with Crippen LogP contribution >= 0.6 is 15.9 Å². The van der Waals surface area contributed by atoms with Gasteiger partial charge in [0.2, 0.25) is 0 Å². The van der Waals surface area contributed by atoms with Gasteiger partial charge in [-0.3, -0.25) is 5.32 Å². The molecule has 5 heteroatoms. The quantitative estimate of drug-likeness (QED) is 0.826. The van der Waals surface area contributed by atoms with Crippen LogP contribution in [0.15, 0.2) is 28.9 Å². The molecule has 1 aromatic carbocycles. The maximum absolute atomic E-state index is 11.6. The maximum Gasteiger partial charge on any atom is 0.412 e. The van der Waals surface area contributed by atoms with E-state index in [4.69, 9.17) is 4.74 Å². The lowest BCUT2D eigenvalue weighted by Gasteiger charge is -2.19. The minimum absolute atomic E-state index is 0.450. The van der Waals surface area contributed by atoms with E-state index in [1.165, 1.54) is 0 Å². The summed E-state index contributed by atoms with van der Waals surface area (Å²) < 4.78 is 6.16. The molecule has 0 atom stereocenters. The van der Waals surface area contributed by atoms with Gasteiger partial charge in [-0.1, -0.05) is 0 Å². The summed E-state index contributed by atoms with van der Waals surface area (Å²) in [5.74, 6) is 0. The zero-order valence-electron chi connectivity index (χ0n) is 10.5. The molecule has 0 fully saturated rings. The molecule has 0 saturated carbocycles. The molecule has 0 spiro atoms. The summed E-state index contributed by atoms with van der Waals surface area (Å²) in [7, 11) is 0. The van der Waals surface area contributed by atoms with Crippen LogP contribution in [0.5, 0.6) is 0 Å². The van der Waals surface area contributed by atoms with Crippen molar-refractivity contribution in [3.63, 3.8) is 0 Å². The van der Waals surface area contributed by atoms with Crippen molar-refractivity contribution >= 4 is 38.6 Å². The smallest absolute Gasteiger partial charge is 0.412 e. The molecule has 0 aliphatic rings. The first-order valence-corrected chi connectivity index (χ1v) is 6.41. The van der Waals surface area contributed by atoms with E-state index in [-0.39, 0.29) is 0 Å². The first kappa shape index (κ1) is 13.0. The largest absolute Gasteiger partial charge is 0.444 e. The summed E-state index contributed by atoms with van der Waals surface area (Å²) in [6.07, 6.45) is 1.41. The summed E-state index contributed by atoms with van der Waals surface area (Å²) in [5, 5.41) is 3.73. The fourth-order valence-corrected chi connectivity index (χ4v) is 2.03. The summed E-state index contributed by atoms with van der Waals surface area (Å²) in [4.78, 5) is 14.8. The van der Waals surface area contributed by atoms with Gasteiger partial charge in [-0.05, 0) is 54.9 Å². The number of hydrogen-bond donors (Lipinski definition) is 2. The predicted octanol–water partition coefficient (Wildman–Crippen LogP) is 4.28. The highest BCUT2D eigenvalue weighted by Crippen LogP contribution is 2.26. The van der Waals surface area contributed by atoms with E-state index >= 15 is 0 Å². The summed E-state index contributed by atoms with van der Waals surface area (Å²) >= 11 is 3.44. The van der Waals surface area contributed by atoms with Crippen LogP contribution in [0.4, 0.5) is 10.5 Å². The lowest BCUT2D eigenvalue weighted by molar-refractivity contribution is 0.0636. The first-order valence-electron chi connectivity index (χ1n) is 5.62. The Labute approximate surface area is 114 Å². The molecule has 1 amide bonds. The van der Waals surface area contributed by atoms with Crippen molar-refractivity contribution in [3.05, 3.63) is 28.9 Å². The van der Waals surface area contributed by atoms with Gasteiger partial charge >= 0.3 is 6.09 Å². The SMILES string of the molecule is CC(C)(C)OC(=O)Nc1ccc2[nH]cc(Br)c2c1. The molecule has 0 unspecified atom stereocenters. The number of hydrogen-bond acceptors (Lipinski definition) is 2. The monoisotopic (exact) mass is 310 g/mol. The molecule has 0 radical (unpaired) electrons. The van der Waals surface area contributed by atoms with E-state index in [9.17, 15) is 4.79 Å². The number of anilines is 1. The molecule has 0 aliphatic carbocycles. The van der Waals surface area contributed by atoms with Crippen molar-refractivity contribution in [2.45, 2.75) is 26.4 Å². The van der Waals surface area contributed by atoms with E-state index in [1.54, 1.807) is 0 Å². The first-order chi connectivity index (χ1) is 8.35. The number of fused-ring (bicyclic) bond motifs is 1. The maximum atomic E-state index is 11.6. The Morgan fingerprint density at radius 1 is 1.39 bits per heavy atom. The summed E-state index contributed by atoms with van der Waals surface area (Å²) in [6.45, 7) is 5.50. The number of aromatic amines is 1. The van der Waals surface area contributed by atoms with E-state index in [2.05, 4.69) is 26.2 Å². The third-order valence-electron chi connectivity index (χ3n) is 2.28. The minimum Gasteiger partial charge on any atom is -0.444 e. The van der Waals surface area contributed by atoms with Crippen molar-refractivity contribution in [1.29, 1.82) is 0 Å². The zero-order valence-corrected chi connectivity index (χ0v) is 12.1. The minimum atomic E-state index is -0.497. The second-order valence-electron chi connectivity index (χ2n) is 5.02. The number of carbonyl (C=O) groups is 1. The van der Waals surface area contributed by atoms with Gasteiger partial charge in [-0.25, -0.2) is 4.79 Å². The van der Waals surface area contributed by atoms with Gasteiger partial charge in [0.25, 0.3) is 0 Å². The van der Waals surface area contributed by atoms with E-state index in [0.29, 0.717) is 5.69 Å². The second-order valence-corrected chi connectivity index (χ2v) is 5.88. The number of aromatic nitrogens is 1. The molecule has 1 heterocycles. The molecule has 0 saturated heterocycles. The van der Waals surface area contributed by atoms with Crippen LogP contribution < -0.4 is 5.32 Å². The van der Waals surface area contributed by atoms with Gasteiger partial charge in [0.15, 0.2) is 0 Å². The van der Waals surface area contributed by atoms with Crippen LogP contribution in [-0.2, 0) is 4.74 Å². The number of H-pyrrole nitrogens is 1.